The van der Waals surface area contributed by atoms with Crippen LogP contribution in [0.15, 0.2) is 42.6 Å². The molecule has 0 amide bonds. The smallest absolute Gasteiger partial charge is 0.342 e. The molecule has 1 atom stereocenters. The van der Waals surface area contributed by atoms with Gasteiger partial charge in [0.2, 0.25) is 5.88 Å². The monoisotopic (exact) mass is 440 g/mol. The number of piperidine rings is 1. The third kappa shape index (κ3) is 5.99. The molecule has 7 heteroatoms. The highest BCUT2D eigenvalue weighted by molar-refractivity contribution is 5.95. The number of pyridine rings is 1. The first-order chi connectivity index (χ1) is 15.7. The van der Waals surface area contributed by atoms with Gasteiger partial charge in [-0.3, -0.25) is 0 Å². The van der Waals surface area contributed by atoms with E-state index in [-0.39, 0.29) is 18.9 Å². The molecular weight excluding hydrogens is 408 g/mol. The quantitative estimate of drug-likeness (QED) is 0.570. The van der Waals surface area contributed by atoms with E-state index in [1.165, 1.54) is 6.42 Å². The predicted molar refractivity (Wildman–Crippen MR) is 121 cm³/mol. The van der Waals surface area contributed by atoms with E-state index in [1.54, 1.807) is 13.3 Å². The van der Waals surface area contributed by atoms with Crippen LogP contribution in [0.2, 0.25) is 0 Å². The third-order valence-corrected chi connectivity index (χ3v) is 6.11. The molecular formula is C25H32N2O5. The van der Waals surface area contributed by atoms with Crippen molar-refractivity contribution in [2.24, 2.45) is 5.92 Å². The molecule has 0 N–H and O–H groups in total. The Balaban J connectivity index is 1.36. The molecule has 2 saturated heterocycles. The molecule has 1 aromatic heterocycles. The van der Waals surface area contributed by atoms with Crippen molar-refractivity contribution in [2.75, 3.05) is 38.3 Å². The summed E-state index contributed by atoms with van der Waals surface area (Å²) in [6.07, 6.45) is 6.80. The number of carbonyl (C=O) groups excluding carboxylic acids is 1. The van der Waals surface area contributed by atoms with Gasteiger partial charge in [-0.15, -0.1) is 0 Å². The molecule has 0 saturated carbocycles. The van der Waals surface area contributed by atoms with Crippen LogP contribution in [0.5, 0.6) is 5.88 Å². The van der Waals surface area contributed by atoms with Crippen LogP contribution in [0.25, 0.3) is 0 Å². The lowest BCUT2D eigenvalue weighted by Gasteiger charge is -2.35. The highest BCUT2D eigenvalue weighted by Gasteiger charge is 2.26. The number of ether oxygens (including phenoxy) is 4. The number of hydrogen-bond acceptors (Lipinski definition) is 7. The molecule has 0 aliphatic carbocycles. The molecule has 2 aliphatic rings. The van der Waals surface area contributed by atoms with E-state index >= 15 is 0 Å². The summed E-state index contributed by atoms with van der Waals surface area (Å²) in [6, 6.07) is 11.5. The Bertz CT molecular complexity index is 862. The van der Waals surface area contributed by atoms with Crippen LogP contribution in [0.4, 0.5) is 5.69 Å². The minimum Gasteiger partial charge on any atom is -0.481 e. The summed E-state index contributed by atoms with van der Waals surface area (Å²) >= 11 is 0. The van der Waals surface area contributed by atoms with E-state index in [0.717, 1.165) is 63.2 Å². The van der Waals surface area contributed by atoms with Crippen LogP contribution in [-0.2, 0) is 20.8 Å². The van der Waals surface area contributed by atoms with Crippen molar-refractivity contribution in [3.63, 3.8) is 0 Å². The number of esters is 1. The van der Waals surface area contributed by atoms with Gasteiger partial charge in [0.05, 0.1) is 19.4 Å². The minimum atomic E-state index is -0.376. The van der Waals surface area contributed by atoms with Crippen LogP contribution in [0, 0.1) is 5.92 Å². The number of nitrogens with zero attached hydrogens (tertiary/aromatic N) is 2. The van der Waals surface area contributed by atoms with E-state index in [0.29, 0.717) is 17.4 Å². The van der Waals surface area contributed by atoms with Gasteiger partial charge < -0.3 is 23.8 Å². The second-order valence-corrected chi connectivity index (χ2v) is 8.37. The highest BCUT2D eigenvalue weighted by atomic mass is 16.7. The number of anilines is 1. The van der Waals surface area contributed by atoms with Gasteiger partial charge in [0.1, 0.15) is 12.2 Å². The summed E-state index contributed by atoms with van der Waals surface area (Å²) in [7, 11) is 1.58. The lowest BCUT2D eigenvalue weighted by molar-refractivity contribution is -0.169. The summed E-state index contributed by atoms with van der Waals surface area (Å²) in [5.41, 5.74) is 2.23. The van der Waals surface area contributed by atoms with Gasteiger partial charge in [0, 0.05) is 32.0 Å². The Kier molecular flexibility index (Phi) is 7.96. The van der Waals surface area contributed by atoms with Crippen LogP contribution in [-0.4, -0.2) is 50.7 Å². The van der Waals surface area contributed by atoms with E-state index in [9.17, 15) is 4.79 Å². The number of carbonyl (C=O) groups is 1. The fraction of sp³-hybridized carbons (Fsp3) is 0.520. The summed E-state index contributed by atoms with van der Waals surface area (Å²) in [4.78, 5) is 19.3. The largest absolute Gasteiger partial charge is 0.481 e. The maximum absolute atomic E-state index is 12.9. The second kappa shape index (κ2) is 11.3. The molecule has 0 bridgehead atoms. The molecule has 3 heterocycles. The lowest BCUT2D eigenvalue weighted by Crippen LogP contribution is -2.37. The van der Waals surface area contributed by atoms with Gasteiger partial charge in [-0.05, 0) is 43.6 Å². The zero-order valence-electron chi connectivity index (χ0n) is 18.7. The maximum atomic E-state index is 12.9. The van der Waals surface area contributed by atoms with Crippen molar-refractivity contribution in [1.82, 2.24) is 4.98 Å². The van der Waals surface area contributed by atoms with Gasteiger partial charge in [-0.2, -0.15) is 0 Å². The third-order valence-electron chi connectivity index (χ3n) is 6.11. The topological polar surface area (TPSA) is 70.1 Å². The minimum absolute atomic E-state index is 0.0442. The van der Waals surface area contributed by atoms with E-state index in [4.69, 9.17) is 18.9 Å². The van der Waals surface area contributed by atoms with E-state index in [2.05, 4.69) is 9.88 Å². The zero-order valence-corrected chi connectivity index (χ0v) is 18.7. The highest BCUT2D eigenvalue weighted by Crippen LogP contribution is 2.30. The first-order valence-corrected chi connectivity index (χ1v) is 11.5. The standard InChI is InChI=1S/C25H32N2O5/c1-29-23-15-22(21(16-26-23)25(28)32-18-19-7-3-2-4-8-19)27-12-10-20(11-13-27)17-31-24-9-5-6-14-30-24/h2-4,7-8,15-16,20,24H,5-6,9-14,17-18H2,1H3. The van der Waals surface area contributed by atoms with Crippen molar-refractivity contribution < 1.29 is 23.7 Å². The van der Waals surface area contributed by atoms with Crippen LogP contribution in [0.1, 0.15) is 48.0 Å². The summed E-state index contributed by atoms with van der Waals surface area (Å²) < 4.78 is 22.5. The molecule has 1 unspecified atom stereocenters. The molecule has 0 radical (unpaired) electrons. The molecule has 2 aromatic rings. The molecule has 32 heavy (non-hydrogen) atoms. The number of methoxy groups -OCH3 is 1. The number of aromatic nitrogens is 1. The SMILES string of the molecule is COc1cc(N2CCC(COC3CCCCO3)CC2)c(C(=O)OCc2ccccc2)cn1. The fourth-order valence-corrected chi connectivity index (χ4v) is 4.18. The van der Waals surface area contributed by atoms with Crippen molar-refractivity contribution in [3.8, 4) is 5.88 Å². The van der Waals surface area contributed by atoms with Crippen molar-refractivity contribution in [3.05, 3.63) is 53.7 Å². The predicted octanol–water partition coefficient (Wildman–Crippen LogP) is 4.21. The Morgan fingerprint density at radius 3 is 2.69 bits per heavy atom. The summed E-state index contributed by atoms with van der Waals surface area (Å²) in [5.74, 6) is 0.604. The van der Waals surface area contributed by atoms with Crippen molar-refractivity contribution in [2.45, 2.75) is 45.0 Å². The Hall–Kier alpha value is -2.64. The second-order valence-electron chi connectivity index (χ2n) is 8.37. The van der Waals surface area contributed by atoms with E-state index in [1.807, 2.05) is 36.4 Å². The van der Waals surface area contributed by atoms with Crippen molar-refractivity contribution in [1.29, 1.82) is 0 Å². The first kappa shape index (κ1) is 22.6. The number of hydrogen-bond donors (Lipinski definition) is 0. The van der Waals surface area contributed by atoms with Gasteiger partial charge in [-0.1, -0.05) is 30.3 Å². The van der Waals surface area contributed by atoms with Crippen LogP contribution < -0.4 is 9.64 Å². The van der Waals surface area contributed by atoms with Gasteiger partial charge in [0.15, 0.2) is 6.29 Å². The first-order valence-electron chi connectivity index (χ1n) is 11.5. The van der Waals surface area contributed by atoms with Crippen LogP contribution in [0.3, 0.4) is 0 Å². The molecule has 2 aliphatic heterocycles. The molecule has 0 spiro atoms. The van der Waals surface area contributed by atoms with E-state index < -0.39 is 0 Å². The van der Waals surface area contributed by atoms with Crippen molar-refractivity contribution >= 4 is 11.7 Å². The molecule has 4 rings (SSSR count). The van der Waals surface area contributed by atoms with Gasteiger partial charge in [-0.25, -0.2) is 9.78 Å². The van der Waals surface area contributed by atoms with Crippen LogP contribution >= 0.6 is 0 Å². The molecule has 7 nitrogen and oxygen atoms in total. The Labute approximate surface area is 189 Å². The fourth-order valence-electron chi connectivity index (χ4n) is 4.18. The lowest BCUT2D eigenvalue weighted by atomic mass is 9.97. The Morgan fingerprint density at radius 2 is 1.97 bits per heavy atom. The average molecular weight is 441 g/mol. The zero-order chi connectivity index (χ0) is 22.2. The normalized spacial score (nSPS) is 19.5. The number of benzene rings is 1. The summed E-state index contributed by atoms with van der Waals surface area (Å²) in [6.45, 7) is 3.44. The van der Waals surface area contributed by atoms with Gasteiger partial charge >= 0.3 is 5.97 Å². The molecule has 172 valence electrons. The molecule has 1 aromatic carbocycles. The average Bonchev–Trinajstić information content (AvgIpc) is 2.87. The Morgan fingerprint density at radius 1 is 1.16 bits per heavy atom. The summed E-state index contributed by atoms with van der Waals surface area (Å²) in [5, 5.41) is 0. The maximum Gasteiger partial charge on any atom is 0.342 e. The van der Waals surface area contributed by atoms with Gasteiger partial charge in [0.25, 0.3) is 0 Å². The number of rotatable bonds is 8. The molecule has 2 fully saturated rings.